The summed E-state index contributed by atoms with van der Waals surface area (Å²) in [5.74, 6) is 1.11. The molecule has 2 rings (SSSR count). The summed E-state index contributed by atoms with van der Waals surface area (Å²) < 4.78 is 13.1. The maximum absolute atomic E-state index is 13.1. The van der Waals surface area contributed by atoms with Crippen LogP contribution in [0.15, 0.2) is 12.3 Å². The summed E-state index contributed by atoms with van der Waals surface area (Å²) in [6.07, 6.45) is 1.02. The topological polar surface area (TPSA) is 59.2 Å². The second-order valence-corrected chi connectivity index (χ2v) is 5.16. The van der Waals surface area contributed by atoms with E-state index in [-0.39, 0.29) is 23.3 Å². The molecule has 92 valence electrons. The number of amides is 1. The number of halogens is 1. The zero-order valence-corrected chi connectivity index (χ0v) is 10.3. The largest absolute Gasteiger partial charge is 0.383 e. The van der Waals surface area contributed by atoms with Crippen LogP contribution in [0.3, 0.4) is 0 Å². The van der Waals surface area contributed by atoms with Crippen LogP contribution in [-0.4, -0.2) is 39.9 Å². The summed E-state index contributed by atoms with van der Waals surface area (Å²) >= 11 is 1.81. The van der Waals surface area contributed by atoms with Crippen molar-refractivity contribution < 1.29 is 9.18 Å². The third-order valence-corrected chi connectivity index (χ3v) is 3.93. The second-order valence-electron chi connectivity index (χ2n) is 4.01. The molecule has 0 spiro atoms. The van der Waals surface area contributed by atoms with Crippen molar-refractivity contribution in [1.29, 1.82) is 0 Å². The lowest BCUT2D eigenvalue weighted by Crippen LogP contribution is -2.44. The highest BCUT2D eigenvalue weighted by Gasteiger charge is 2.26. The lowest BCUT2D eigenvalue weighted by molar-refractivity contribution is 0.0716. The Morgan fingerprint density at radius 1 is 1.71 bits per heavy atom. The number of thioether (sulfide) groups is 1. The first kappa shape index (κ1) is 12.2. The van der Waals surface area contributed by atoms with Crippen LogP contribution in [0.1, 0.15) is 17.3 Å². The highest BCUT2D eigenvalue weighted by Crippen LogP contribution is 2.20. The first-order valence-electron chi connectivity index (χ1n) is 5.39. The molecule has 0 bridgehead atoms. The smallest absolute Gasteiger partial charge is 0.257 e. The zero-order valence-electron chi connectivity index (χ0n) is 9.52. The van der Waals surface area contributed by atoms with Gasteiger partial charge in [-0.15, -0.1) is 0 Å². The van der Waals surface area contributed by atoms with Crippen LogP contribution < -0.4 is 5.73 Å². The van der Waals surface area contributed by atoms with E-state index in [1.807, 2.05) is 18.7 Å². The van der Waals surface area contributed by atoms with E-state index in [2.05, 4.69) is 4.98 Å². The average molecular weight is 255 g/mol. The van der Waals surface area contributed by atoms with Gasteiger partial charge in [0.25, 0.3) is 5.91 Å². The minimum atomic E-state index is -0.540. The molecule has 17 heavy (non-hydrogen) atoms. The molecule has 0 radical (unpaired) electrons. The van der Waals surface area contributed by atoms with Crippen LogP contribution >= 0.6 is 11.8 Å². The van der Waals surface area contributed by atoms with Crippen molar-refractivity contribution in [3.8, 4) is 0 Å². The Balaban J connectivity index is 2.26. The van der Waals surface area contributed by atoms with Crippen molar-refractivity contribution in [2.45, 2.75) is 13.0 Å². The van der Waals surface area contributed by atoms with Gasteiger partial charge in [0.05, 0.1) is 11.8 Å². The Labute approximate surface area is 103 Å². The maximum atomic E-state index is 13.1. The van der Waals surface area contributed by atoms with E-state index in [9.17, 15) is 9.18 Å². The number of carbonyl (C=O) groups is 1. The number of aromatic nitrogens is 1. The number of hydrogen-bond donors (Lipinski definition) is 1. The van der Waals surface area contributed by atoms with Gasteiger partial charge in [0.1, 0.15) is 11.6 Å². The van der Waals surface area contributed by atoms with E-state index in [1.165, 1.54) is 0 Å². The first-order valence-corrected chi connectivity index (χ1v) is 6.55. The highest BCUT2D eigenvalue weighted by atomic mass is 32.2. The molecule has 1 aliphatic heterocycles. The monoisotopic (exact) mass is 255 g/mol. The number of nitrogens with two attached hydrogens (primary N) is 1. The van der Waals surface area contributed by atoms with Crippen molar-refractivity contribution >= 4 is 23.5 Å². The molecule has 1 fully saturated rings. The number of nitrogens with zero attached hydrogens (tertiary/aromatic N) is 2. The van der Waals surface area contributed by atoms with Crippen molar-refractivity contribution in [3.63, 3.8) is 0 Å². The zero-order chi connectivity index (χ0) is 12.4. The number of anilines is 1. The Morgan fingerprint density at radius 2 is 2.47 bits per heavy atom. The van der Waals surface area contributed by atoms with Gasteiger partial charge in [0.2, 0.25) is 0 Å². The standard InChI is InChI=1S/C11H14FN3OS/c1-7-6-17-3-2-15(7)11(16)9-4-8(12)5-14-10(9)13/h4-5,7H,2-3,6H2,1H3,(H2,13,14). The molecule has 1 amide bonds. The van der Waals surface area contributed by atoms with Crippen molar-refractivity contribution in [1.82, 2.24) is 9.88 Å². The molecule has 0 aromatic carbocycles. The molecule has 1 aromatic heterocycles. The van der Waals surface area contributed by atoms with E-state index in [0.29, 0.717) is 6.54 Å². The molecule has 1 saturated heterocycles. The SMILES string of the molecule is CC1CSCCN1C(=O)c1cc(F)cnc1N. The summed E-state index contributed by atoms with van der Waals surface area (Å²) in [6.45, 7) is 2.65. The van der Waals surface area contributed by atoms with Crippen molar-refractivity contribution in [2.24, 2.45) is 0 Å². The first-order chi connectivity index (χ1) is 8.09. The third kappa shape index (κ3) is 2.52. The number of pyridine rings is 1. The van der Waals surface area contributed by atoms with Gasteiger partial charge in [-0.25, -0.2) is 9.37 Å². The Hall–Kier alpha value is -1.30. The van der Waals surface area contributed by atoms with Crippen LogP contribution in [0.4, 0.5) is 10.2 Å². The van der Waals surface area contributed by atoms with Crippen LogP contribution in [-0.2, 0) is 0 Å². The lowest BCUT2D eigenvalue weighted by atomic mass is 10.2. The summed E-state index contributed by atoms with van der Waals surface area (Å²) in [5.41, 5.74) is 5.77. The van der Waals surface area contributed by atoms with Gasteiger partial charge in [-0.2, -0.15) is 11.8 Å². The van der Waals surface area contributed by atoms with E-state index in [0.717, 1.165) is 23.8 Å². The summed E-state index contributed by atoms with van der Waals surface area (Å²) in [4.78, 5) is 17.6. The van der Waals surface area contributed by atoms with Gasteiger partial charge in [-0.1, -0.05) is 0 Å². The average Bonchev–Trinajstić information content (AvgIpc) is 2.32. The molecular weight excluding hydrogens is 241 g/mol. The fraction of sp³-hybridized carbons (Fsp3) is 0.455. The van der Waals surface area contributed by atoms with E-state index in [1.54, 1.807) is 4.90 Å². The Kier molecular flexibility index (Phi) is 3.51. The van der Waals surface area contributed by atoms with Gasteiger partial charge in [0, 0.05) is 24.1 Å². The fourth-order valence-corrected chi connectivity index (χ4v) is 2.82. The third-order valence-electron chi connectivity index (χ3n) is 2.74. The van der Waals surface area contributed by atoms with Crippen LogP contribution in [0.25, 0.3) is 0 Å². The van der Waals surface area contributed by atoms with Crippen LogP contribution in [0.2, 0.25) is 0 Å². The Morgan fingerprint density at radius 3 is 3.18 bits per heavy atom. The van der Waals surface area contributed by atoms with Crippen molar-refractivity contribution in [3.05, 3.63) is 23.6 Å². The number of rotatable bonds is 1. The van der Waals surface area contributed by atoms with Crippen LogP contribution in [0.5, 0.6) is 0 Å². The minimum absolute atomic E-state index is 0.0850. The molecular formula is C11H14FN3OS. The normalized spacial score (nSPS) is 20.4. The van der Waals surface area contributed by atoms with Gasteiger partial charge in [-0.3, -0.25) is 4.79 Å². The molecule has 0 saturated carbocycles. The predicted molar refractivity (Wildman–Crippen MR) is 66.4 cm³/mol. The van der Waals surface area contributed by atoms with Gasteiger partial charge in [0.15, 0.2) is 0 Å². The van der Waals surface area contributed by atoms with E-state index in [4.69, 9.17) is 5.73 Å². The number of carbonyl (C=O) groups excluding carboxylic acids is 1. The van der Waals surface area contributed by atoms with Gasteiger partial charge < -0.3 is 10.6 Å². The molecule has 1 unspecified atom stereocenters. The summed E-state index contributed by atoms with van der Waals surface area (Å²) in [6, 6.07) is 1.29. The molecule has 1 aromatic rings. The Bertz CT molecular complexity index is 441. The molecule has 6 heteroatoms. The maximum Gasteiger partial charge on any atom is 0.257 e. The van der Waals surface area contributed by atoms with Gasteiger partial charge >= 0.3 is 0 Å². The molecule has 4 nitrogen and oxygen atoms in total. The molecule has 1 atom stereocenters. The number of nitrogen functional groups attached to an aromatic ring is 1. The minimum Gasteiger partial charge on any atom is -0.383 e. The molecule has 2 N–H and O–H groups in total. The molecule has 0 aliphatic carbocycles. The summed E-state index contributed by atoms with van der Waals surface area (Å²) in [5, 5.41) is 0. The van der Waals surface area contributed by atoms with Crippen molar-refractivity contribution in [2.75, 3.05) is 23.8 Å². The highest BCUT2D eigenvalue weighted by molar-refractivity contribution is 7.99. The number of hydrogen-bond acceptors (Lipinski definition) is 4. The van der Waals surface area contributed by atoms with E-state index >= 15 is 0 Å². The van der Waals surface area contributed by atoms with E-state index < -0.39 is 5.82 Å². The van der Waals surface area contributed by atoms with Gasteiger partial charge in [-0.05, 0) is 13.0 Å². The molecule has 2 heterocycles. The second kappa shape index (κ2) is 4.91. The lowest BCUT2D eigenvalue weighted by Gasteiger charge is -2.33. The molecule has 1 aliphatic rings. The summed E-state index contributed by atoms with van der Waals surface area (Å²) in [7, 11) is 0. The van der Waals surface area contributed by atoms with Crippen LogP contribution in [0, 0.1) is 5.82 Å². The quantitative estimate of drug-likeness (QED) is 0.823. The fourth-order valence-electron chi connectivity index (χ4n) is 1.80. The predicted octanol–water partition coefficient (Wildman–Crippen LogP) is 1.38.